The Morgan fingerprint density at radius 2 is 2.33 bits per heavy atom. The minimum absolute atomic E-state index is 0.157. The molecule has 0 saturated heterocycles. The van der Waals surface area contributed by atoms with Gasteiger partial charge in [-0.3, -0.25) is 0 Å². The zero-order valence-electron chi connectivity index (χ0n) is 9.90. The van der Waals surface area contributed by atoms with Crippen LogP contribution in [-0.2, 0) is 0 Å². The van der Waals surface area contributed by atoms with Gasteiger partial charge in [0, 0.05) is 23.3 Å². The molecule has 0 unspecified atom stereocenters. The molecule has 0 atom stereocenters. The first-order chi connectivity index (χ1) is 8.70. The van der Waals surface area contributed by atoms with Crippen LogP contribution >= 0.6 is 11.6 Å². The summed E-state index contributed by atoms with van der Waals surface area (Å²) in [5.74, 6) is 0. The number of hydrogen-bond donors (Lipinski definition) is 1. The van der Waals surface area contributed by atoms with Crippen LogP contribution in [0, 0.1) is 11.3 Å². The monoisotopic (exact) mass is 263 g/mol. The van der Waals surface area contributed by atoms with Crippen molar-refractivity contribution >= 4 is 23.3 Å². The van der Waals surface area contributed by atoms with Gasteiger partial charge in [-0.15, -0.1) is 0 Å². The Hall–Kier alpha value is -1.73. The van der Waals surface area contributed by atoms with Crippen molar-refractivity contribution in [2.24, 2.45) is 0 Å². The van der Waals surface area contributed by atoms with Crippen LogP contribution in [0.1, 0.15) is 19.3 Å². The number of halogens is 1. The Balaban J connectivity index is 1.98. The van der Waals surface area contributed by atoms with E-state index in [1.54, 1.807) is 29.2 Å². The standard InChI is InChI=1S/C13H14ClN3O/c14-10-3-1-4-11(9-10)16-13(18)17(8-2-7-15)12-5-6-12/h1,3-4,9,12H,2,5-6,8H2,(H,16,18). The Morgan fingerprint density at radius 1 is 1.56 bits per heavy atom. The molecule has 1 aromatic rings. The Morgan fingerprint density at radius 3 is 2.94 bits per heavy atom. The second-order valence-corrected chi connectivity index (χ2v) is 4.71. The number of urea groups is 1. The second-order valence-electron chi connectivity index (χ2n) is 4.27. The van der Waals surface area contributed by atoms with E-state index in [1.807, 2.05) is 0 Å². The third kappa shape index (κ3) is 3.38. The summed E-state index contributed by atoms with van der Waals surface area (Å²) in [6.45, 7) is 0.480. The van der Waals surface area contributed by atoms with Crippen LogP contribution < -0.4 is 5.32 Å². The minimum atomic E-state index is -0.157. The number of nitrogens with zero attached hydrogens (tertiary/aromatic N) is 2. The van der Waals surface area contributed by atoms with E-state index in [1.165, 1.54) is 0 Å². The highest BCUT2D eigenvalue weighted by Gasteiger charge is 2.32. The number of hydrogen-bond acceptors (Lipinski definition) is 2. The van der Waals surface area contributed by atoms with Crippen molar-refractivity contribution in [3.05, 3.63) is 29.3 Å². The number of nitriles is 1. The normalized spacial score (nSPS) is 13.8. The molecule has 0 heterocycles. The molecule has 0 radical (unpaired) electrons. The molecule has 18 heavy (non-hydrogen) atoms. The van der Waals surface area contributed by atoms with E-state index in [2.05, 4.69) is 11.4 Å². The number of amides is 2. The summed E-state index contributed by atoms with van der Waals surface area (Å²) in [7, 11) is 0. The first-order valence-corrected chi connectivity index (χ1v) is 6.28. The molecule has 94 valence electrons. The number of nitrogens with one attached hydrogen (secondary N) is 1. The van der Waals surface area contributed by atoms with Gasteiger partial charge in [0.2, 0.25) is 0 Å². The van der Waals surface area contributed by atoms with Gasteiger partial charge in [-0.1, -0.05) is 17.7 Å². The van der Waals surface area contributed by atoms with Crippen LogP contribution in [0.2, 0.25) is 5.02 Å². The highest BCUT2D eigenvalue weighted by atomic mass is 35.5. The molecule has 4 nitrogen and oxygen atoms in total. The molecule has 2 amide bonds. The third-order valence-electron chi connectivity index (χ3n) is 2.79. The van der Waals surface area contributed by atoms with Gasteiger partial charge in [-0.25, -0.2) is 4.79 Å². The predicted molar refractivity (Wildman–Crippen MR) is 70.4 cm³/mol. The maximum absolute atomic E-state index is 12.1. The quantitative estimate of drug-likeness (QED) is 0.907. The van der Waals surface area contributed by atoms with Crippen molar-refractivity contribution in [1.82, 2.24) is 4.90 Å². The molecule has 1 saturated carbocycles. The lowest BCUT2D eigenvalue weighted by atomic mass is 10.3. The molecule has 5 heteroatoms. The molecule has 1 aliphatic rings. The molecule has 1 N–H and O–H groups in total. The summed E-state index contributed by atoms with van der Waals surface area (Å²) >= 11 is 5.86. The number of benzene rings is 1. The molecule has 0 bridgehead atoms. The molecule has 1 aliphatic carbocycles. The SMILES string of the molecule is N#CCCN(C(=O)Nc1cccc(Cl)c1)C1CC1. The van der Waals surface area contributed by atoms with Crippen molar-refractivity contribution < 1.29 is 4.79 Å². The summed E-state index contributed by atoms with van der Waals surface area (Å²) in [6, 6.07) is 9.23. The molecule has 0 aromatic heterocycles. The van der Waals surface area contributed by atoms with E-state index in [0.717, 1.165) is 12.8 Å². The highest BCUT2D eigenvalue weighted by Crippen LogP contribution is 2.27. The summed E-state index contributed by atoms with van der Waals surface area (Å²) in [6.07, 6.45) is 2.41. The zero-order valence-corrected chi connectivity index (χ0v) is 10.7. The number of carbonyl (C=O) groups is 1. The maximum Gasteiger partial charge on any atom is 0.322 e. The fourth-order valence-corrected chi connectivity index (χ4v) is 1.96. The lowest BCUT2D eigenvalue weighted by molar-refractivity contribution is 0.210. The summed E-state index contributed by atoms with van der Waals surface area (Å²) in [4.78, 5) is 13.8. The van der Waals surface area contributed by atoms with Crippen molar-refractivity contribution in [3.63, 3.8) is 0 Å². The topological polar surface area (TPSA) is 56.1 Å². The Labute approximate surface area is 111 Å². The third-order valence-corrected chi connectivity index (χ3v) is 3.02. The molecule has 1 fully saturated rings. The van der Waals surface area contributed by atoms with Gasteiger partial charge in [0.05, 0.1) is 12.5 Å². The lowest BCUT2D eigenvalue weighted by Crippen LogP contribution is -2.37. The number of rotatable bonds is 4. The maximum atomic E-state index is 12.1. The Bertz CT molecular complexity index is 479. The number of anilines is 1. The van der Waals surface area contributed by atoms with E-state index in [-0.39, 0.29) is 12.1 Å². The van der Waals surface area contributed by atoms with Gasteiger partial charge < -0.3 is 10.2 Å². The average molecular weight is 264 g/mol. The van der Waals surface area contributed by atoms with Gasteiger partial charge in [0.25, 0.3) is 0 Å². The van der Waals surface area contributed by atoms with Gasteiger partial charge in [0.1, 0.15) is 0 Å². The fourth-order valence-electron chi connectivity index (χ4n) is 1.77. The zero-order chi connectivity index (χ0) is 13.0. The summed E-state index contributed by atoms with van der Waals surface area (Å²) < 4.78 is 0. The van der Waals surface area contributed by atoms with Crippen LogP contribution in [0.4, 0.5) is 10.5 Å². The van der Waals surface area contributed by atoms with Crippen molar-refractivity contribution in [2.45, 2.75) is 25.3 Å². The largest absolute Gasteiger partial charge is 0.322 e. The van der Waals surface area contributed by atoms with Crippen molar-refractivity contribution in [3.8, 4) is 6.07 Å². The highest BCUT2D eigenvalue weighted by molar-refractivity contribution is 6.30. The van der Waals surface area contributed by atoms with Crippen LogP contribution in [0.15, 0.2) is 24.3 Å². The van der Waals surface area contributed by atoms with Crippen LogP contribution in [-0.4, -0.2) is 23.5 Å². The van der Waals surface area contributed by atoms with E-state index in [0.29, 0.717) is 23.7 Å². The first kappa shape index (κ1) is 12.7. The average Bonchev–Trinajstić information content (AvgIpc) is 3.14. The fraction of sp³-hybridized carbons (Fsp3) is 0.385. The van der Waals surface area contributed by atoms with Crippen LogP contribution in [0.5, 0.6) is 0 Å². The second kappa shape index (κ2) is 5.74. The van der Waals surface area contributed by atoms with Gasteiger partial charge in [-0.2, -0.15) is 5.26 Å². The molecule has 1 aromatic carbocycles. The lowest BCUT2D eigenvalue weighted by Gasteiger charge is -2.21. The molecule has 0 aliphatic heterocycles. The van der Waals surface area contributed by atoms with Gasteiger partial charge >= 0.3 is 6.03 Å². The van der Waals surface area contributed by atoms with Crippen LogP contribution in [0.25, 0.3) is 0 Å². The Kier molecular flexibility index (Phi) is 4.06. The molecule has 0 spiro atoms. The summed E-state index contributed by atoms with van der Waals surface area (Å²) in [5.41, 5.74) is 0.676. The molecule has 2 rings (SSSR count). The smallest absolute Gasteiger partial charge is 0.321 e. The van der Waals surface area contributed by atoms with E-state index in [9.17, 15) is 4.79 Å². The minimum Gasteiger partial charge on any atom is -0.321 e. The van der Waals surface area contributed by atoms with Gasteiger partial charge in [-0.05, 0) is 31.0 Å². The van der Waals surface area contributed by atoms with Crippen LogP contribution in [0.3, 0.4) is 0 Å². The van der Waals surface area contributed by atoms with E-state index < -0.39 is 0 Å². The number of carbonyl (C=O) groups excluding carboxylic acids is 1. The van der Waals surface area contributed by atoms with Crippen molar-refractivity contribution in [2.75, 3.05) is 11.9 Å². The van der Waals surface area contributed by atoms with E-state index in [4.69, 9.17) is 16.9 Å². The van der Waals surface area contributed by atoms with Gasteiger partial charge in [0.15, 0.2) is 0 Å². The first-order valence-electron chi connectivity index (χ1n) is 5.91. The predicted octanol–water partition coefficient (Wildman–Crippen LogP) is 3.25. The molecular weight excluding hydrogens is 250 g/mol. The van der Waals surface area contributed by atoms with E-state index >= 15 is 0 Å². The summed E-state index contributed by atoms with van der Waals surface area (Å²) in [5, 5.41) is 12.0. The molecular formula is C13H14ClN3O. The van der Waals surface area contributed by atoms with Crippen molar-refractivity contribution in [1.29, 1.82) is 5.26 Å².